The third-order valence-corrected chi connectivity index (χ3v) is 5.19. The fourth-order valence-electron chi connectivity index (χ4n) is 2.94. The molecule has 28 heavy (non-hydrogen) atoms. The molecule has 6 heteroatoms. The van der Waals surface area contributed by atoms with Crippen molar-refractivity contribution in [3.63, 3.8) is 0 Å². The minimum atomic E-state index is -0.298. The Bertz CT molecular complexity index is 1100. The van der Waals surface area contributed by atoms with Gasteiger partial charge in [0.15, 0.2) is 0 Å². The molecule has 5 nitrogen and oxygen atoms in total. The first-order chi connectivity index (χ1) is 13.7. The zero-order chi connectivity index (χ0) is 19.3. The number of hydrogen-bond acceptors (Lipinski definition) is 4. The molecule has 0 atom stereocenters. The SMILES string of the molecule is O=C(CCn1ccc2ccccc21)Oc1ccc(NC(=O)c2cccs2)cc1. The number of rotatable bonds is 6. The third-order valence-electron chi connectivity index (χ3n) is 4.33. The predicted molar refractivity (Wildman–Crippen MR) is 111 cm³/mol. The van der Waals surface area contributed by atoms with E-state index < -0.39 is 0 Å². The zero-order valence-electron chi connectivity index (χ0n) is 15.0. The average Bonchev–Trinajstić information content (AvgIpc) is 3.38. The number of carbonyl (C=O) groups is 2. The van der Waals surface area contributed by atoms with Gasteiger partial charge in [-0.15, -0.1) is 11.3 Å². The van der Waals surface area contributed by atoms with Gasteiger partial charge in [0, 0.05) is 23.9 Å². The maximum atomic E-state index is 12.2. The van der Waals surface area contributed by atoms with E-state index in [1.54, 1.807) is 30.3 Å². The van der Waals surface area contributed by atoms with Gasteiger partial charge < -0.3 is 14.6 Å². The van der Waals surface area contributed by atoms with Crippen molar-refractivity contribution in [2.45, 2.75) is 13.0 Å². The third kappa shape index (κ3) is 4.13. The topological polar surface area (TPSA) is 60.3 Å². The first-order valence-electron chi connectivity index (χ1n) is 8.88. The molecule has 2 aromatic heterocycles. The van der Waals surface area contributed by atoms with Gasteiger partial charge in [0.25, 0.3) is 5.91 Å². The summed E-state index contributed by atoms with van der Waals surface area (Å²) in [6, 6.07) is 20.5. The maximum Gasteiger partial charge on any atom is 0.312 e. The van der Waals surface area contributed by atoms with E-state index in [4.69, 9.17) is 4.74 Å². The van der Waals surface area contributed by atoms with E-state index in [0.29, 0.717) is 22.9 Å². The molecule has 1 N–H and O–H groups in total. The first-order valence-corrected chi connectivity index (χ1v) is 9.76. The number of anilines is 1. The van der Waals surface area contributed by atoms with Crippen LogP contribution in [0.1, 0.15) is 16.1 Å². The lowest BCUT2D eigenvalue weighted by Gasteiger charge is -2.08. The smallest absolute Gasteiger partial charge is 0.312 e. The van der Waals surface area contributed by atoms with Crippen molar-refractivity contribution in [2.24, 2.45) is 0 Å². The van der Waals surface area contributed by atoms with E-state index in [1.165, 1.54) is 11.3 Å². The van der Waals surface area contributed by atoms with Crippen LogP contribution in [0.3, 0.4) is 0 Å². The summed E-state index contributed by atoms with van der Waals surface area (Å²) in [7, 11) is 0. The van der Waals surface area contributed by atoms with Crippen molar-refractivity contribution in [3.8, 4) is 5.75 Å². The Kier molecular flexibility index (Phi) is 5.21. The Hall–Kier alpha value is -3.38. The molecular formula is C22H18N2O3S. The number of nitrogens with one attached hydrogen (secondary N) is 1. The van der Waals surface area contributed by atoms with E-state index >= 15 is 0 Å². The van der Waals surface area contributed by atoms with E-state index in [1.807, 2.05) is 52.5 Å². The second-order valence-electron chi connectivity index (χ2n) is 6.25. The van der Waals surface area contributed by atoms with Crippen LogP contribution in [0.15, 0.2) is 78.3 Å². The molecule has 140 valence electrons. The van der Waals surface area contributed by atoms with E-state index in [-0.39, 0.29) is 18.3 Å². The van der Waals surface area contributed by atoms with E-state index in [2.05, 4.69) is 5.32 Å². The lowest BCUT2D eigenvalue weighted by molar-refractivity contribution is -0.134. The normalized spacial score (nSPS) is 10.7. The van der Waals surface area contributed by atoms with Crippen molar-refractivity contribution in [2.75, 3.05) is 5.32 Å². The molecule has 0 saturated heterocycles. The summed E-state index contributed by atoms with van der Waals surface area (Å²) in [5, 5.41) is 5.82. The Morgan fingerprint density at radius 1 is 0.964 bits per heavy atom. The molecule has 4 aromatic rings. The second-order valence-corrected chi connectivity index (χ2v) is 7.20. The zero-order valence-corrected chi connectivity index (χ0v) is 15.8. The summed E-state index contributed by atoms with van der Waals surface area (Å²) in [5.41, 5.74) is 1.75. The van der Waals surface area contributed by atoms with E-state index in [0.717, 1.165) is 10.9 Å². The molecular weight excluding hydrogens is 372 g/mol. The van der Waals surface area contributed by atoms with Gasteiger partial charge in [-0.05, 0) is 53.2 Å². The van der Waals surface area contributed by atoms with Crippen LogP contribution in [0.2, 0.25) is 0 Å². The second kappa shape index (κ2) is 8.10. The van der Waals surface area contributed by atoms with Crippen LogP contribution in [0.25, 0.3) is 10.9 Å². The Balaban J connectivity index is 1.31. The number of amides is 1. The monoisotopic (exact) mass is 390 g/mol. The standard InChI is InChI=1S/C22H18N2O3S/c25-21(12-14-24-13-11-16-4-1-2-5-19(16)24)27-18-9-7-17(8-10-18)23-22(26)20-6-3-15-28-20/h1-11,13,15H,12,14H2,(H,23,26). The molecule has 0 radical (unpaired) electrons. The van der Waals surface area contributed by atoms with Crippen LogP contribution in [0, 0.1) is 0 Å². The highest BCUT2D eigenvalue weighted by Gasteiger charge is 2.09. The Morgan fingerprint density at radius 2 is 1.79 bits per heavy atom. The van der Waals surface area contributed by atoms with Gasteiger partial charge in [0.05, 0.1) is 11.3 Å². The van der Waals surface area contributed by atoms with Gasteiger partial charge >= 0.3 is 5.97 Å². The first kappa shape index (κ1) is 18.0. The summed E-state index contributed by atoms with van der Waals surface area (Å²) >= 11 is 1.38. The highest BCUT2D eigenvalue weighted by Crippen LogP contribution is 2.19. The molecule has 2 heterocycles. The lowest BCUT2D eigenvalue weighted by atomic mass is 10.2. The molecule has 0 aliphatic carbocycles. The number of hydrogen-bond donors (Lipinski definition) is 1. The minimum absolute atomic E-state index is 0.154. The molecule has 0 spiro atoms. The summed E-state index contributed by atoms with van der Waals surface area (Å²) in [5.74, 6) is 0.00309. The average molecular weight is 390 g/mol. The molecule has 2 aromatic carbocycles. The number of fused-ring (bicyclic) bond motifs is 1. The highest BCUT2D eigenvalue weighted by atomic mass is 32.1. The van der Waals surface area contributed by atoms with Gasteiger partial charge in [-0.2, -0.15) is 0 Å². The number of nitrogens with zero attached hydrogens (tertiary/aromatic N) is 1. The fraction of sp³-hybridized carbons (Fsp3) is 0.0909. The Labute approximate surface area is 166 Å². The van der Waals surface area contributed by atoms with Crippen LogP contribution in [-0.2, 0) is 11.3 Å². The van der Waals surface area contributed by atoms with Crippen molar-refractivity contribution in [1.82, 2.24) is 4.57 Å². The number of thiophene rings is 1. The molecule has 0 saturated carbocycles. The van der Waals surface area contributed by atoms with Crippen LogP contribution in [-0.4, -0.2) is 16.4 Å². The van der Waals surface area contributed by atoms with Crippen molar-refractivity contribution >= 4 is 39.8 Å². The molecule has 0 aliphatic heterocycles. The molecule has 0 bridgehead atoms. The van der Waals surface area contributed by atoms with E-state index in [9.17, 15) is 9.59 Å². The van der Waals surface area contributed by atoms with Crippen LogP contribution in [0.5, 0.6) is 5.75 Å². The van der Waals surface area contributed by atoms with Gasteiger partial charge in [-0.25, -0.2) is 0 Å². The Morgan fingerprint density at radius 3 is 2.57 bits per heavy atom. The fourth-order valence-corrected chi connectivity index (χ4v) is 3.56. The van der Waals surface area contributed by atoms with Gasteiger partial charge in [0.2, 0.25) is 0 Å². The largest absolute Gasteiger partial charge is 0.426 e. The minimum Gasteiger partial charge on any atom is -0.426 e. The summed E-state index contributed by atoms with van der Waals surface area (Å²) < 4.78 is 7.44. The summed E-state index contributed by atoms with van der Waals surface area (Å²) in [6.07, 6.45) is 2.25. The summed E-state index contributed by atoms with van der Waals surface area (Å²) in [6.45, 7) is 0.557. The quantitative estimate of drug-likeness (QED) is 0.374. The molecule has 0 aliphatic rings. The number of ether oxygens (including phenoxy) is 1. The van der Waals surface area contributed by atoms with Gasteiger partial charge in [-0.3, -0.25) is 9.59 Å². The highest BCUT2D eigenvalue weighted by molar-refractivity contribution is 7.12. The predicted octanol–water partition coefficient (Wildman–Crippen LogP) is 4.95. The van der Waals surface area contributed by atoms with Crippen molar-refractivity contribution < 1.29 is 14.3 Å². The summed E-state index contributed by atoms with van der Waals surface area (Å²) in [4.78, 5) is 24.8. The van der Waals surface area contributed by atoms with Crippen molar-refractivity contribution in [1.29, 1.82) is 0 Å². The maximum absolute atomic E-state index is 12.2. The molecule has 4 rings (SSSR count). The van der Waals surface area contributed by atoms with Gasteiger partial charge in [-0.1, -0.05) is 24.3 Å². The number of carbonyl (C=O) groups excluding carboxylic acids is 2. The van der Waals surface area contributed by atoms with Crippen LogP contribution >= 0.6 is 11.3 Å². The lowest BCUT2D eigenvalue weighted by Crippen LogP contribution is -2.12. The van der Waals surface area contributed by atoms with Gasteiger partial charge in [0.1, 0.15) is 5.75 Å². The molecule has 0 unspecified atom stereocenters. The number of esters is 1. The van der Waals surface area contributed by atoms with Crippen LogP contribution < -0.4 is 10.1 Å². The van der Waals surface area contributed by atoms with Crippen molar-refractivity contribution in [3.05, 3.63) is 83.2 Å². The van der Waals surface area contributed by atoms with Crippen LogP contribution in [0.4, 0.5) is 5.69 Å². The number of aromatic nitrogens is 1. The number of para-hydroxylation sites is 1. The number of aryl methyl sites for hydroxylation is 1. The molecule has 0 fully saturated rings. The number of benzene rings is 2. The molecule has 1 amide bonds.